The Morgan fingerprint density at radius 2 is 1.57 bits per heavy atom. The van der Waals surface area contributed by atoms with Gasteiger partial charge in [0.05, 0.1) is 27.4 Å². The zero-order chi connectivity index (χ0) is 16.8. The zero-order valence-electron chi connectivity index (χ0n) is 13.2. The SMILES string of the molecule is COc1cc(C(=O)C(C#N)c2ccccc2)cc(OC)c1OC. The number of benzene rings is 2. The van der Waals surface area contributed by atoms with E-state index in [0.29, 0.717) is 28.4 Å². The Morgan fingerprint density at radius 3 is 2.00 bits per heavy atom. The Balaban J connectivity index is 2.48. The van der Waals surface area contributed by atoms with Crippen LogP contribution in [0.4, 0.5) is 0 Å². The van der Waals surface area contributed by atoms with Gasteiger partial charge in [-0.3, -0.25) is 4.79 Å². The molecule has 0 amide bonds. The second kappa shape index (κ2) is 7.32. The Kier molecular flexibility index (Phi) is 5.21. The van der Waals surface area contributed by atoms with E-state index < -0.39 is 5.92 Å². The number of ether oxygens (including phenoxy) is 3. The lowest BCUT2D eigenvalue weighted by Gasteiger charge is -2.15. The summed E-state index contributed by atoms with van der Waals surface area (Å²) in [5.41, 5.74) is 0.976. The van der Waals surface area contributed by atoms with Gasteiger partial charge in [-0.2, -0.15) is 5.26 Å². The second-order valence-corrected chi connectivity index (χ2v) is 4.75. The number of ketones is 1. The van der Waals surface area contributed by atoms with Gasteiger partial charge >= 0.3 is 0 Å². The van der Waals surface area contributed by atoms with Crippen LogP contribution in [0.1, 0.15) is 21.8 Å². The van der Waals surface area contributed by atoms with E-state index in [-0.39, 0.29) is 5.78 Å². The minimum absolute atomic E-state index is 0.321. The van der Waals surface area contributed by atoms with Gasteiger partial charge in [0.15, 0.2) is 17.3 Å². The highest BCUT2D eigenvalue weighted by atomic mass is 16.5. The van der Waals surface area contributed by atoms with Crippen LogP contribution in [0.2, 0.25) is 0 Å². The van der Waals surface area contributed by atoms with Crippen molar-refractivity contribution in [2.45, 2.75) is 5.92 Å². The standard InChI is InChI=1S/C18H17NO4/c1-21-15-9-13(10-16(22-2)18(15)23-3)17(20)14(11-19)12-7-5-4-6-8-12/h4-10,14H,1-3H3. The van der Waals surface area contributed by atoms with E-state index in [4.69, 9.17) is 14.2 Å². The van der Waals surface area contributed by atoms with Crippen molar-refractivity contribution in [3.05, 3.63) is 53.6 Å². The fourth-order valence-electron chi connectivity index (χ4n) is 2.32. The predicted molar refractivity (Wildman–Crippen MR) is 85.2 cm³/mol. The molecule has 0 fully saturated rings. The molecule has 0 aromatic heterocycles. The van der Waals surface area contributed by atoms with Crippen molar-refractivity contribution in [1.82, 2.24) is 0 Å². The molecule has 5 nitrogen and oxygen atoms in total. The monoisotopic (exact) mass is 311 g/mol. The average Bonchev–Trinajstić information content (AvgIpc) is 2.61. The van der Waals surface area contributed by atoms with Gasteiger partial charge in [0.25, 0.3) is 0 Å². The minimum atomic E-state index is -0.890. The maximum absolute atomic E-state index is 12.7. The lowest BCUT2D eigenvalue weighted by atomic mass is 9.91. The van der Waals surface area contributed by atoms with Crippen LogP contribution in [0.25, 0.3) is 0 Å². The Bertz CT molecular complexity index is 709. The van der Waals surface area contributed by atoms with Gasteiger partial charge < -0.3 is 14.2 Å². The maximum Gasteiger partial charge on any atom is 0.203 e. The molecule has 0 aliphatic carbocycles. The quantitative estimate of drug-likeness (QED) is 0.766. The molecule has 1 unspecified atom stereocenters. The highest BCUT2D eigenvalue weighted by Gasteiger charge is 2.24. The van der Waals surface area contributed by atoms with Gasteiger partial charge in [-0.15, -0.1) is 0 Å². The Morgan fingerprint density at radius 1 is 1.00 bits per heavy atom. The molecule has 0 aliphatic heterocycles. The summed E-state index contributed by atoms with van der Waals surface area (Å²) in [7, 11) is 4.44. The van der Waals surface area contributed by atoms with Crippen LogP contribution < -0.4 is 14.2 Å². The zero-order valence-corrected chi connectivity index (χ0v) is 13.2. The molecule has 0 saturated carbocycles. The Hall–Kier alpha value is -3.00. The van der Waals surface area contributed by atoms with E-state index in [2.05, 4.69) is 6.07 Å². The summed E-state index contributed by atoms with van der Waals surface area (Å²) in [6.07, 6.45) is 0. The first-order valence-electron chi connectivity index (χ1n) is 6.95. The van der Waals surface area contributed by atoms with Crippen LogP contribution in [-0.4, -0.2) is 27.1 Å². The second-order valence-electron chi connectivity index (χ2n) is 4.75. The highest BCUT2D eigenvalue weighted by molar-refractivity contribution is 6.03. The molecule has 2 aromatic rings. The lowest BCUT2D eigenvalue weighted by Crippen LogP contribution is -2.12. The fourth-order valence-corrected chi connectivity index (χ4v) is 2.32. The third-order valence-corrected chi connectivity index (χ3v) is 3.47. The van der Waals surface area contributed by atoms with Crippen LogP contribution in [0.3, 0.4) is 0 Å². The number of carbonyl (C=O) groups is 1. The molecule has 2 rings (SSSR count). The van der Waals surface area contributed by atoms with Crippen LogP contribution in [0, 0.1) is 11.3 Å². The van der Waals surface area contributed by atoms with Crippen molar-refractivity contribution >= 4 is 5.78 Å². The molecule has 0 saturated heterocycles. The summed E-state index contributed by atoms with van der Waals surface area (Å²) in [4.78, 5) is 12.7. The molecule has 23 heavy (non-hydrogen) atoms. The third-order valence-electron chi connectivity index (χ3n) is 3.47. The molecule has 2 aromatic carbocycles. The molecular weight excluding hydrogens is 294 g/mol. The molecule has 0 radical (unpaired) electrons. The Labute approximate surface area is 135 Å². The van der Waals surface area contributed by atoms with Gasteiger partial charge in [-0.05, 0) is 17.7 Å². The average molecular weight is 311 g/mol. The van der Waals surface area contributed by atoms with E-state index in [1.807, 2.05) is 6.07 Å². The number of methoxy groups -OCH3 is 3. The summed E-state index contributed by atoms with van der Waals surface area (Å²) in [5.74, 6) is -0.0587. The van der Waals surface area contributed by atoms with Crippen LogP contribution >= 0.6 is 0 Å². The predicted octanol–water partition coefficient (Wildman–Crippen LogP) is 3.20. The van der Waals surface area contributed by atoms with Crippen molar-refractivity contribution in [3.63, 3.8) is 0 Å². The molecular formula is C18H17NO4. The van der Waals surface area contributed by atoms with E-state index in [1.165, 1.54) is 21.3 Å². The number of nitrogens with zero attached hydrogens (tertiary/aromatic N) is 1. The summed E-state index contributed by atoms with van der Waals surface area (Å²) >= 11 is 0. The first-order valence-corrected chi connectivity index (χ1v) is 6.95. The van der Waals surface area contributed by atoms with Crippen molar-refractivity contribution in [1.29, 1.82) is 5.26 Å². The van der Waals surface area contributed by atoms with Gasteiger partial charge in [-0.25, -0.2) is 0 Å². The minimum Gasteiger partial charge on any atom is -0.493 e. The number of carbonyl (C=O) groups excluding carboxylic acids is 1. The number of rotatable bonds is 6. The third kappa shape index (κ3) is 3.27. The first-order chi connectivity index (χ1) is 11.2. The highest BCUT2D eigenvalue weighted by Crippen LogP contribution is 2.39. The molecule has 0 N–H and O–H groups in total. The van der Waals surface area contributed by atoms with E-state index in [0.717, 1.165) is 0 Å². The molecule has 118 valence electrons. The first kappa shape index (κ1) is 16.4. The smallest absolute Gasteiger partial charge is 0.203 e. The van der Waals surface area contributed by atoms with E-state index in [9.17, 15) is 10.1 Å². The van der Waals surface area contributed by atoms with Gasteiger partial charge in [0, 0.05) is 5.56 Å². The molecule has 0 aliphatic rings. The van der Waals surface area contributed by atoms with Crippen LogP contribution in [0.5, 0.6) is 17.2 Å². The molecule has 0 spiro atoms. The van der Waals surface area contributed by atoms with E-state index >= 15 is 0 Å². The molecule has 0 bridgehead atoms. The van der Waals surface area contributed by atoms with Crippen molar-refractivity contribution in [2.75, 3.05) is 21.3 Å². The number of hydrogen-bond acceptors (Lipinski definition) is 5. The molecule has 5 heteroatoms. The summed E-state index contributed by atoms with van der Waals surface area (Å²) in [5, 5.41) is 9.41. The normalized spacial score (nSPS) is 11.2. The van der Waals surface area contributed by atoms with Crippen molar-refractivity contribution in [2.24, 2.45) is 0 Å². The lowest BCUT2D eigenvalue weighted by molar-refractivity contribution is 0.0978. The van der Waals surface area contributed by atoms with Gasteiger partial charge in [0.2, 0.25) is 5.75 Å². The summed E-state index contributed by atoms with van der Waals surface area (Å²) < 4.78 is 15.7. The molecule has 0 heterocycles. The number of Topliss-reactive ketones (excluding diaryl/α,β-unsaturated/α-hetero) is 1. The van der Waals surface area contributed by atoms with Crippen LogP contribution in [0.15, 0.2) is 42.5 Å². The topological polar surface area (TPSA) is 68.6 Å². The van der Waals surface area contributed by atoms with Crippen LogP contribution in [-0.2, 0) is 0 Å². The maximum atomic E-state index is 12.7. The van der Waals surface area contributed by atoms with Gasteiger partial charge in [0.1, 0.15) is 5.92 Å². The fraction of sp³-hybridized carbons (Fsp3) is 0.222. The summed E-state index contributed by atoms with van der Waals surface area (Å²) in [6.45, 7) is 0. The number of nitriles is 1. The number of hydrogen-bond donors (Lipinski definition) is 0. The van der Waals surface area contributed by atoms with Crippen molar-refractivity contribution < 1.29 is 19.0 Å². The van der Waals surface area contributed by atoms with Crippen molar-refractivity contribution in [3.8, 4) is 23.3 Å². The van der Waals surface area contributed by atoms with E-state index in [1.54, 1.807) is 36.4 Å². The summed E-state index contributed by atoms with van der Waals surface area (Å²) in [6, 6.07) is 14.1. The molecule has 1 atom stereocenters. The largest absolute Gasteiger partial charge is 0.493 e. The van der Waals surface area contributed by atoms with Gasteiger partial charge in [-0.1, -0.05) is 30.3 Å².